The minimum Gasteiger partial charge on any atom is -0.380 e. The van der Waals surface area contributed by atoms with Gasteiger partial charge in [-0.05, 0) is 26.2 Å². The van der Waals surface area contributed by atoms with Crippen LogP contribution in [0.15, 0.2) is 16.7 Å². The molecule has 21 heavy (non-hydrogen) atoms. The van der Waals surface area contributed by atoms with Crippen LogP contribution in [0.5, 0.6) is 0 Å². The average Bonchev–Trinajstić information content (AvgIpc) is 3.13. The van der Waals surface area contributed by atoms with Crippen LogP contribution in [-0.2, 0) is 9.53 Å². The van der Waals surface area contributed by atoms with Gasteiger partial charge < -0.3 is 14.2 Å². The van der Waals surface area contributed by atoms with Crippen molar-refractivity contribution in [2.75, 3.05) is 13.7 Å². The lowest BCUT2D eigenvalue weighted by molar-refractivity contribution is -0.137. The molecule has 1 aromatic heterocycles. The molecular weight excluding hydrogens is 270 g/mol. The first-order chi connectivity index (χ1) is 10.2. The molecule has 2 heterocycles. The standard InChI is InChI=1S/C15H21N3O3/c1-10-16-14(21-17-10)13-8-12(20-2)9-18(13)15(19)11-6-4-3-5-7-11/h3-4,11-13H,5-9H2,1-2H3/t11-,12+,13-/m1/s1. The Hall–Kier alpha value is -1.69. The molecule has 0 aromatic carbocycles. The number of hydrogen-bond acceptors (Lipinski definition) is 5. The van der Waals surface area contributed by atoms with Crippen molar-refractivity contribution in [2.45, 2.75) is 44.8 Å². The number of carbonyl (C=O) groups excluding carboxylic acids is 1. The summed E-state index contributed by atoms with van der Waals surface area (Å²) in [5.41, 5.74) is 0. The number of amides is 1. The van der Waals surface area contributed by atoms with Crippen LogP contribution in [0.3, 0.4) is 0 Å². The Kier molecular flexibility index (Phi) is 4.05. The fourth-order valence-electron chi connectivity index (χ4n) is 3.15. The smallest absolute Gasteiger partial charge is 0.249 e. The SMILES string of the molecule is CO[C@H]1C[C@H](c2nc(C)no2)N(C(=O)[C@@H]2CC=CCC2)C1. The third kappa shape index (κ3) is 2.85. The molecule has 1 aliphatic heterocycles. The molecule has 1 amide bonds. The average molecular weight is 291 g/mol. The number of aryl methyl sites for hydroxylation is 1. The van der Waals surface area contributed by atoms with Crippen molar-refractivity contribution in [3.63, 3.8) is 0 Å². The van der Waals surface area contributed by atoms with Gasteiger partial charge in [-0.3, -0.25) is 4.79 Å². The van der Waals surface area contributed by atoms with Gasteiger partial charge in [-0.25, -0.2) is 0 Å². The molecule has 1 saturated heterocycles. The highest BCUT2D eigenvalue weighted by atomic mass is 16.5. The van der Waals surface area contributed by atoms with E-state index >= 15 is 0 Å². The zero-order valence-electron chi connectivity index (χ0n) is 12.5. The van der Waals surface area contributed by atoms with Gasteiger partial charge in [0.1, 0.15) is 6.04 Å². The number of hydrogen-bond donors (Lipinski definition) is 0. The van der Waals surface area contributed by atoms with E-state index in [1.807, 2.05) is 4.90 Å². The molecule has 0 N–H and O–H groups in total. The predicted octanol–water partition coefficient (Wildman–Crippen LogP) is 2.02. The summed E-state index contributed by atoms with van der Waals surface area (Å²) in [6.45, 7) is 2.38. The maximum atomic E-state index is 12.8. The highest BCUT2D eigenvalue weighted by molar-refractivity contribution is 5.80. The van der Waals surface area contributed by atoms with Crippen LogP contribution in [0, 0.1) is 12.8 Å². The second-order valence-electron chi connectivity index (χ2n) is 5.76. The number of rotatable bonds is 3. The number of ether oxygens (including phenoxy) is 1. The van der Waals surface area contributed by atoms with E-state index < -0.39 is 0 Å². The third-order valence-corrected chi connectivity index (χ3v) is 4.33. The van der Waals surface area contributed by atoms with Gasteiger partial charge in [0.2, 0.25) is 11.8 Å². The molecule has 1 aliphatic carbocycles. The lowest BCUT2D eigenvalue weighted by Crippen LogP contribution is -2.37. The highest BCUT2D eigenvalue weighted by Crippen LogP contribution is 2.35. The van der Waals surface area contributed by atoms with Crippen LogP contribution in [0.4, 0.5) is 0 Å². The molecule has 0 unspecified atom stereocenters. The molecule has 3 atom stereocenters. The van der Waals surface area contributed by atoms with Crippen molar-refractivity contribution < 1.29 is 14.1 Å². The van der Waals surface area contributed by atoms with Crippen LogP contribution >= 0.6 is 0 Å². The minimum absolute atomic E-state index is 0.0327. The summed E-state index contributed by atoms with van der Waals surface area (Å²) in [6, 6.07) is -0.158. The number of allylic oxidation sites excluding steroid dienone is 2. The van der Waals surface area contributed by atoms with E-state index in [-0.39, 0.29) is 24.0 Å². The molecule has 0 radical (unpaired) electrons. The summed E-state index contributed by atoms with van der Waals surface area (Å²) in [6.07, 6.45) is 7.70. The first-order valence-electron chi connectivity index (χ1n) is 7.47. The Labute approximate surface area is 124 Å². The molecule has 1 fully saturated rings. The van der Waals surface area contributed by atoms with Crippen LogP contribution in [0.25, 0.3) is 0 Å². The molecular formula is C15H21N3O3. The fourth-order valence-corrected chi connectivity index (χ4v) is 3.15. The monoisotopic (exact) mass is 291 g/mol. The molecule has 114 valence electrons. The van der Waals surface area contributed by atoms with Crippen LogP contribution in [0.1, 0.15) is 43.4 Å². The molecule has 2 aliphatic rings. The molecule has 0 saturated carbocycles. The van der Waals surface area contributed by atoms with E-state index in [1.165, 1.54) is 0 Å². The summed E-state index contributed by atoms with van der Waals surface area (Å²) < 4.78 is 10.7. The maximum absolute atomic E-state index is 12.8. The number of aromatic nitrogens is 2. The van der Waals surface area contributed by atoms with E-state index in [0.29, 0.717) is 24.7 Å². The first kappa shape index (κ1) is 14.3. The van der Waals surface area contributed by atoms with Crippen LogP contribution in [0.2, 0.25) is 0 Å². The number of methoxy groups -OCH3 is 1. The van der Waals surface area contributed by atoms with E-state index in [4.69, 9.17) is 9.26 Å². The van der Waals surface area contributed by atoms with Gasteiger partial charge >= 0.3 is 0 Å². The predicted molar refractivity (Wildman–Crippen MR) is 75.4 cm³/mol. The Morgan fingerprint density at radius 2 is 2.33 bits per heavy atom. The van der Waals surface area contributed by atoms with Crippen molar-refractivity contribution in [3.8, 4) is 0 Å². The first-order valence-corrected chi connectivity index (χ1v) is 7.47. The number of likely N-dealkylation sites (tertiary alicyclic amines) is 1. The van der Waals surface area contributed by atoms with Crippen molar-refractivity contribution in [1.29, 1.82) is 0 Å². The van der Waals surface area contributed by atoms with Crippen molar-refractivity contribution >= 4 is 5.91 Å². The number of carbonyl (C=O) groups is 1. The van der Waals surface area contributed by atoms with E-state index in [2.05, 4.69) is 22.3 Å². The molecule has 0 spiro atoms. The zero-order chi connectivity index (χ0) is 14.8. The molecule has 1 aromatic rings. The van der Waals surface area contributed by atoms with Gasteiger partial charge in [0.25, 0.3) is 0 Å². The molecule has 3 rings (SSSR count). The van der Waals surface area contributed by atoms with Crippen molar-refractivity contribution in [3.05, 3.63) is 23.9 Å². The Morgan fingerprint density at radius 3 is 2.95 bits per heavy atom. The number of nitrogens with zero attached hydrogens (tertiary/aromatic N) is 3. The lowest BCUT2D eigenvalue weighted by Gasteiger charge is -2.27. The summed E-state index contributed by atoms with van der Waals surface area (Å²) in [7, 11) is 1.68. The van der Waals surface area contributed by atoms with E-state index in [1.54, 1.807) is 14.0 Å². The Balaban J connectivity index is 1.80. The van der Waals surface area contributed by atoms with Crippen LogP contribution < -0.4 is 0 Å². The molecule has 6 heteroatoms. The Morgan fingerprint density at radius 1 is 1.48 bits per heavy atom. The zero-order valence-corrected chi connectivity index (χ0v) is 12.5. The largest absolute Gasteiger partial charge is 0.380 e. The second-order valence-corrected chi connectivity index (χ2v) is 5.76. The highest BCUT2D eigenvalue weighted by Gasteiger charge is 2.41. The summed E-state index contributed by atoms with van der Waals surface area (Å²) in [4.78, 5) is 19.0. The normalized spacial score (nSPS) is 29.0. The van der Waals surface area contributed by atoms with Crippen LogP contribution in [-0.4, -0.2) is 40.7 Å². The molecule has 6 nitrogen and oxygen atoms in total. The topological polar surface area (TPSA) is 68.5 Å². The summed E-state index contributed by atoms with van der Waals surface area (Å²) in [5, 5.41) is 3.84. The van der Waals surface area contributed by atoms with E-state index in [0.717, 1.165) is 19.3 Å². The van der Waals surface area contributed by atoms with Gasteiger partial charge in [0.05, 0.1) is 6.10 Å². The van der Waals surface area contributed by atoms with Gasteiger partial charge in [-0.15, -0.1) is 0 Å². The Bertz CT molecular complexity index is 540. The van der Waals surface area contributed by atoms with Crippen molar-refractivity contribution in [2.24, 2.45) is 5.92 Å². The van der Waals surface area contributed by atoms with E-state index in [9.17, 15) is 4.79 Å². The van der Waals surface area contributed by atoms with Gasteiger partial charge in [-0.1, -0.05) is 17.3 Å². The van der Waals surface area contributed by atoms with Crippen molar-refractivity contribution in [1.82, 2.24) is 15.0 Å². The fraction of sp³-hybridized carbons (Fsp3) is 0.667. The second kappa shape index (κ2) is 5.97. The third-order valence-electron chi connectivity index (χ3n) is 4.33. The molecule has 0 bridgehead atoms. The summed E-state index contributed by atoms with van der Waals surface area (Å²) in [5.74, 6) is 1.36. The minimum atomic E-state index is -0.158. The lowest BCUT2D eigenvalue weighted by atomic mass is 9.93. The van der Waals surface area contributed by atoms with Gasteiger partial charge in [0.15, 0.2) is 5.82 Å². The quantitative estimate of drug-likeness (QED) is 0.797. The van der Waals surface area contributed by atoms with Gasteiger partial charge in [-0.2, -0.15) is 4.98 Å². The maximum Gasteiger partial charge on any atom is 0.249 e. The van der Waals surface area contributed by atoms with Gasteiger partial charge in [0, 0.05) is 26.0 Å². The summed E-state index contributed by atoms with van der Waals surface area (Å²) >= 11 is 0.